The summed E-state index contributed by atoms with van der Waals surface area (Å²) in [6.45, 7) is 3.29. The van der Waals surface area contributed by atoms with Crippen LogP contribution in [0.2, 0.25) is 0 Å². The van der Waals surface area contributed by atoms with Gasteiger partial charge in [-0.05, 0) is 42.0 Å². The van der Waals surface area contributed by atoms with Gasteiger partial charge in [-0.25, -0.2) is 0 Å². The number of nitrogens with one attached hydrogen (secondary N) is 1. The van der Waals surface area contributed by atoms with Crippen LogP contribution < -0.4 is 16.0 Å². The van der Waals surface area contributed by atoms with E-state index in [2.05, 4.69) is 5.32 Å². The lowest BCUT2D eigenvalue weighted by molar-refractivity contribution is -0.117. The first-order valence-electron chi connectivity index (χ1n) is 7.41. The number of amides is 3. The number of carbonyl (C=O) groups is 3. The lowest BCUT2D eigenvalue weighted by Gasteiger charge is -2.22. The number of rotatable bonds is 5. The molecule has 3 amide bonds. The molecule has 0 aromatic heterocycles. The van der Waals surface area contributed by atoms with Gasteiger partial charge in [-0.15, -0.1) is 0 Å². The van der Waals surface area contributed by atoms with E-state index in [0.29, 0.717) is 17.8 Å². The third-order valence-corrected chi connectivity index (χ3v) is 3.46. The van der Waals surface area contributed by atoms with Crippen LogP contribution in [0.5, 0.6) is 0 Å². The molecule has 0 heterocycles. The fourth-order valence-electron chi connectivity index (χ4n) is 2.27. The first kappa shape index (κ1) is 17.2. The highest BCUT2D eigenvalue weighted by atomic mass is 16.2. The van der Waals surface area contributed by atoms with Gasteiger partial charge >= 0.3 is 0 Å². The van der Waals surface area contributed by atoms with Crippen LogP contribution in [0.1, 0.15) is 29.8 Å². The Morgan fingerprint density at radius 3 is 2.00 bits per heavy atom. The summed E-state index contributed by atoms with van der Waals surface area (Å²) in [5.41, 5.74) is 7.90. The van der Waals surface area contributed by atoms with Crippen LogP contribution >= 0.6 is 0 Å². The van der Waals surface area contributed by atoms with E-state index in [1.807, 2.05) is 0 Å². The van der Waals surface area contributed by atoms with E-state index >= 15 is 0 Å². The van der Waals surface area contributed by atoms with Crippen LogP contribution in [-0.4, -0.2) is 17.7 Å². The van der Waals surface area contributed by atoms with Gasteiger partial charge in [0.2, 0.25) is 17.7 Å². The van der Waals surface area contributed by atoms with Crippen molar-refractivity contribution in [2.24, 2.45) is 5.73 Å². The summed E-state index contributed by atoms with van der Waals surface area (Å²) < 4.78 is 0. The number of carbonyl (C=O) groups excluding carboxylic acids is 3. The molecule has 3 N–H and O–H groups in total. The predicted molar refractivity (Wildman–Crippen MR) is 92.6 cm³/mol. The molecule has 124 valence electrons. The number of nitrogens with zero attached hydrogens (tertiary/aromatic N) is 1. The first-order valence-corrected chi connectivity index (χ1v) is 7.41. The Morgan fingerprint density at radius 2 is 1.54 bits per heavy atom. The molecule has 0 aliphatic rings. The van der Waals surface area contributed by atoms with E-state index in [0.717, 1.165) is 11.3 Å². The molecule has 0 saturated carbocycles. The van der Waals surface area contributed by atoms with Crippen molar-refractivity contribution in [3.8, 4) is 0 Å². The van der Waals surface area contributed by atoms with Crippen molar-refractivity contribution in [2.75, 3.05) is 10.2 Å². The van der Waals surface area contributed by atoms with E-state index in [1.165, 1.54) is 13.8 Å². The van der Waals surface area contributed by atoms with Crippen molar-refractivity contribution >= 4 is 29.1 Å². The molecule has 2 aromatic carbocycles. The Balaban J connectivity index is 2.18. The smallest absolute Gasteiger partial charge is 0.248 e. The Labute approximate surface area is 140 Å². The number of anilines is 2. The van der Waals surface area contributed by atoms with E-state index in [-0.39, 0.29) is 11.8 Å². The first-order chi connectivity index (χ1) is 11.4. The molecule has 0 aliphatic carbocycles. The molecule has 6 heteroatoms. The second kappa shape index (κ2) is 7.41. The zero-order valence-electron chi connectivity index (χ0n) is 13.6. The molecule has 0 spiro atoms. The number of nitrogens with two attached hydrogens (primary N) is 1. The van der Waals surface area contributed by atoms with E-state index in [1.54, 1.807) is 53.4 Å². The maximum atomic E-state index is 12.0. The monoisotopic (exact) mass is 325 g/mol. The summed E-state index contributed by atoms with van der Waals surface area (Å²) in [5, 5.41) is 2.68. The van der Waals surface area contributed by atoms with Crippen molar-refractivity contribution in [1.82, 2.24) is 0 Å². The number of hydrogen-bond acceptors (Lipinski definition) is 3. The fraction of sp³-hybridized carbons (Fsp3) is 0.167. The summed E-state index contributed by atoms with van der Waals surface area (Å²) >= 11 is 0. The minimum atomic E-state index is -0.487. The topological polar surface area (TPSA) is 92.5 Å². The van der Waals surface area contributed by atoms with Crippen LogP contribution in [-0.2, 0) is 16.1 Å². The molecule has 0 fully saturated rings. The molecule has 0 radical (unpaired) electrons. The maximum Gasteiger partial charge on any atom is 0.248 e. The zero-order chi connectivity index (χ0) is 17.7. The van der Waals surface area contributed by atoms with Gasteiger partial charge in [0, 0.05) is 30.8 Å². The lowest BCUT2D eigenvalue weighted by atomic mass is 10.1. The van der Waals surface area contributed by atoms with E-state index in [4.69, 9.17) is 5.73 Å². The van der Waals surface area contributed by atoms with E-state index in [9.17, 15) is 14.4 Å². The van der Waals surface area contributed by atoms with Gasteiger partial charge < -0.3 is 16.0 Å². The van der Waals surface area contributed by atoms with Crippen molar-refractivity contribution in [2.45, 2.75) is 20.4 Å². The number of hydrogen-bond donors (Lipinski definition) is 2. The Morgan fingerprint density at radius 1 is 0.958 bits per heavy atom. The minimum absolute atomic E-state index is 0.110. The van der Waals surface area contributed by atoms with E-state index < -0.39 is 5.91 Å². The SMILES string of the molecule is CC(=O)Nc1ccc(N(Cc2ccc(C(N)=O)cc2)C(C)=O)cc1. The Bertz CT molecular complexity index is 752. The van der Waals surface area contributed by atoms with Gasteiger partial charge in [0.15, 0.2) is 0 Å². The maximum absolute atomic E-state index is 12.0. The molecule has 0 unspecified atom stereocenters. The normalized spacial score (nSPS) is 10.1. The standard InChI is InChI=1S/C18H19N3O3/c1-12(22)20-16-7-9-17(10-8-16)21(13(2)23)11-14-3-5-15(6-4-14)18(19)24/h3-10H,11H2,1-2H3,(H2,19,24)(H,20,22). The molecule has 0 saturated heterocycles. The van der Waals surface area contributed by atoms with Gasteiger partial charge in [-0.3, -0.25) is 14.4 Å². The molecule has 0 atom stereocenters. The van der Waals surface area contributed by atoms with Crippen LogP contribution in [0.4, 0.5) is 11.4 Å². The second-order valence-electron chi connectivity index (χ2n) is 5.39. The van der Waals surface area contributed by atoms with Gasteiger partial charge in [0.1, 0.15) is 0 Å². The highest BCUT2D eigenvalue weighted by Gasteiger charge is 2.12. The van der Waals surface area contributed by atoms with Crippen molar-refractivity contribution in [3.63, 3.8) is 0 Å². The molecule has 6 nitrogen and oxygen atoms in total. The predicted octanol–water partition coefficient (Wildman–Crippen LogP) is 2.30. The van der Waals surface area contributed by atoms with Crippen LogP contribution in [0, 0.1) is 0 Å². The molecular weight excluding hydrogens is 306 g/mol. The second-order valence-corrected chi connectivity index (χ2v) is 5.39. The molecule has 2 aromatic rings. The van der Waals surface area contributed by atoms with Crippen LogP contribution in [0.15, 0.2) is 48.5 Å². The average molecular weight is 325 g/mol. The quantitative estimate of drug-likeness (QED) is 0.883. The molecule has 2 rings (SSSR count). The summed E-state index contributed by atoms with van der Waals surface area (Å²) in [5.74, 6) is -0.750. The van der Waals surface area contributed by atoms with Crippen LogP contribution in [0.3, 0.4) is 0 Å². The summed E-state index contributed by atoms with van der Waals surface area (Å²) in [6, 6.07) is 13.8. The van der Waals surface area contributed by atoms with Crippen molar-refractivity contribution in [3.05, 3.63) is 59.7 Å². The summed E-state index contributed by atoms with van der Waals surface area (Å²) in [6.07, 6.45) is 0. The average Bonchev–Trinajstić information content (AvgIpc) is 2.53. The van der Waals surface area contributed by atoms with Crippen molar-refractivity contribution in [1.29, 1.82) is 0 Å². The summed E-state index contributed by atoms with van der Waals surface area (Å²) in [4.78, 5) is 35.7. The van der Waals surface area contributed by atoms with Gasteiger partial charge in [0.05, 0.1) is 6.54 Å². The highest BCUT2D eigenvalue weighted by Crippen LogP contribution is 2.20. The summed E-state index contributed by atoms with van der Waals surface area (Å²) in [7, 11) is 0. The number of primary amides is 1. The fourth-order valence-corrected chi connectivity index (χ4v) is 2.27. The lowest BCUT2D eigenvalue weighted by Crippen LogP contribution is -2.27. The largest absolute Gasteiger partial charge is 0.366 e. The number of benzene rings is 2. The Kier molecular flexibility index (Phi) is 5.31. The third kappa shape index (κ3) is 4.42. The van der Waals surface area contributed by atoms with Gasteiger partial charge in [-0.1, -0.05) is 12.1 Å². The third-order valence-electron chi connectivity index (χ3n) is 3.46. The highest BCUT2D eigenvalue weighted by molar-refractivity contribution is 5.93. The Hall–Kier alpha value is -3.15. The van der Waals surface area contributed by atoms with Gasteiger partial charge in [0.25, 0.3) is 0 Å². The molecule has 0 aliphatic heterocycles. The van der Waals surface area contributed by atoms with Gasteiger partial charge in [-0.2, -0.15) is 0 Å². The van der Waals surface area contributed by atoms with Crippen molar-refractivity contribution < 1.29 is 14.4 Å². The molecule has 24 heavy (non-hydrogen) atoms. The molecular formula is C18H19N3O3. The minimum Gasteiger partial charge on any atom is -0.366 e. The molecule has 0 bridgehead atoms. The zero-order valence-corrected chi connectivity index (χ0v) is 13.6. The van der Waals surface area contributed by atoms with Crippen LogP contribution in [0.25, 0.3) is 0 Å².